The summed E-state index contributed by atoms with van der Waals surface area (Å²) in [5.41, 5.74) is 0.401. The Kier molecular flexibility index (Phi) is 4.01. The molecule has 3 heteroatoms. The van der Waals surface area contributed by atoms with E-state index in [0.717, 1.165) is 10.6 Å². The number of benzene rings is 1. The Balaban J connectivity index is 2.79. The summed E-state index contributed by atoms with van der Waals surface area (Å²) in [7, 11) is 0. The van der Waals surface area contributed by atoms with Crippen LogP contribution in [0.5, 0.6) is 0 Å². The van der Waals surface area contributed by atoms with E-state index in [0.29, 0.717) is 11.5 Å². The number of aromatic carboxylic acids is 1. The van der Waals surface area contributed by atoms with Crippen molar-refractivity contribution in [1.82, 2.24) is 0 Å². The van der Waals surface area contributed by atoms with Gasteiger partial charge in [-0.2, -0.15) is 0 Å². The molecule has 0 aromatic heterocycles. The summed E-state index contributed by atoms with van der Waals surface area (Å²) in [6.07, 6.45) is 0. The van der Waals surface area contributed by atoms with Crippen LogP contribution in [-0.4, -0.2) is 16.8 Å². The first-order valence-corrected chi connectivity index (χ1v) is 5.55. The first kappa shape index (κ1) is 11.1. The van der Waals surface area contributed by atoms with E-state index in [1.54, 1.807) is 23.9 Å². The molecular weight excluding hydrogens is 196 g/mol. The van der Waals surface area contributed by atoms with Crippen LogP contribution in [0.2, 0.25) is 0 Å². The monoisotopic (exact) mass is 210 g/mol. The second-order valence-corrected chi connectivity index (χ2v) is 4.57. The molecule has 0 aliphatic rings. The second-order valence-electron chi connectivity index (χ2n) is 3.51. The fourth-order valence-corrected chi connectivity index (χ4v) is 2.02. The smallest absolute Gasteiger partial charge is 0.336 e. The van der Waals surface area contributed by atoms with Crippen LogP contribution < -0.4 is 0 Å². The number of rotatable bonds is 4. The molecule has 0 radical (unpaired) electrons. The van der Waals surface area contributed by atoms with Gasteiger partial charge in [-0.3, -0.25) is 0 Å². The lowest BCUT2D eigenvalue weighted by molar-refractivity contribution is 0.0693. The Hall–Kier alpha value is -0.960. The van der Waals surface area contributed by atoms with Gasteiger partial charge in [0, 0.05) is 10.6 Å². The predicted octanol–water partition coefficient (Wildman–Crippen LogP) is 3.13. The van der Waals surface area contributed by atoms with Crippen LogP contribution in [0.25, 0.3) is 0 Å². The van der Waals surface area contributed by atoms with E-state index in [2.05, 4.69) is 13.8 Å². The Morgan fingerprint density at radius 1 is 1.43 bits per heavy atom. The normalized spacial score (nSPS) is 10.5. The largest absolute Gasteiger partial charge is 0.478 e. The zero-order chi connectivity index (χ0) is 10.6. The fraction of sp³-hybridized carbons (Fsp3) is 0.364. The Morgan fingerprint density at radius 3 is 2.64 bits per heavy atom. The lowest BCUT2D eigenvalue weighted by Gasteiger charge is -2.06. The number of carbonyl (C=O) groups is 1. The van der Waals surface area contributed by atoms with Crippen molar-refractivity contribution >= 4 is 17.7 Å². The van der Waals surface area contributed by atoms with Crippen LogP contribution in [0.4, 0.5) is 0 Å². The molecule has 1 aromatic rings. The molecule has 0 aliphatic heterocycles. The third-order valence-electron chi connectivity index (χ3n) is 1.69. The highest BCUT2D eigenvalue weighted by atomic mass is 32.2. The van der Waals surface area contributed by atoms with Gasteiger partial charge in [0.2, 0.25) is 0 Å². The molecule has 0 atom stereocenters. The van der Waals surface area contributed by atoms with E-state index in [1.165, 1.54) is 0 Å². The molecule has 1 N–H and O–H groups in total. The van der Waals surface area contributed by atoms with Gasteiger partial charge in [0.25, 0.3) is 0 Å². The molecule has 0 saturated heterocycles. The van der Waals surface area contributed by atoms with Gasteiger partial charge in [0.15, 0.2) is 0 Å². The van der Waals surface area contributed by atoms with Gasteiger partial charge in [0.05, 0.1) is 5.56 Å². The Morgan fingerprint density at radius 2 is 2.07 bits per heavy atom. The Bertz CT molecular complexity index is 321. The Labute approximate surface area is 88.3 Å². The van der Waals surface area contributed by atoms with Crippen LogP contribution in [0.3, 0.4) is 0 Å². The van der Waals surface area contributed by atoms with E-state index >= 15 is 0 Å². The number of hydrogen-bond donors (Lipinski definition) is 1. The van der Waals surface area contributed by atoms with E-state index in [-0.39, 0.29) is 0 Å². The minimum Gasteiger partial charge on any atom is -0.478 e. The molecule has 76 valence electrons. The fourth-order valence-electron chi connectivity index (χ4n) is 1.03. The van der Waals surface area contributed by atoms with E-state index in [4.69, 9.17) is 5.11 Å². The minimum atomic E-state index is -0.850. The standard InChI is InChI=1S/C11H14O2S/c1-8(2)7-14-10-6-4-3-5-9(10)11(12)13/h3-6,8H,7H2,1-2H3,(H,12,13). The first-order valence-electron chi connectivity index (χ1n) is 4.56. The van der Waals surface area contributed by atoms with E-state index < -0.39 is 5.97 Å². The van der Waals surface area contributed by atoms with Crippen molar-refractivity contribution in [1.29, 1.82) is 0 Å². The van der Waals surface area contributed by atoms with Crippen molar-refractivity contribution in [3.05, 3.63) is 29.8 Å². The van der Waals surface area contributed by atoms with Crippen molar-refractivity contribution in [2.75, 3.05) is 5.75 Å². The minimum absolute atomic E-state index is 0.401. The maximum Gasteiger partial charge on any atom is 0.336 e. The quantitative estimate of drug-likeness (QED) is 0.776. The maximum absolute atomic E-state index is 10.9. The highest BCUT2D eigenvalue weighted by Gasteiger charge is 2.09. The summed E-state index contributed by atoms with van der Waals surface area (Å²) in [4.78, 5) is 11.7. The summed E-state index contributed by atoms with van der Waals surface area (Å²) in [6, 6.07) is 7.12. The molecule has 0 aliphatic carbocycles. The molecular formula is C11H14O2S. The van der Waals surface area contributed by atoms with Crippen LogP contribution >= 0.6 is 11.8 Å². The third-order valence-corrected chi connectivity index (χ3v) is 3.19. The van der Waals surface area contributed by atoms with E-state index in [9.17, 15) is 4.79 Å². The average Bonchev–Trinajstić information content (AvgIpc) is 2.15. The maximum atomic E-state index is 10.9. The average molecular weight is 210 g/mol. The van der Waals surface area contributed by atoms with Crippen molar-refractivity contribution in [3.8, 4) is 0 Å². The van der Waals surface area contributed by atoms with Crippen molar-refractivity contribution < 1.29 is 9.90 Å². The zero-order valence-corrected chi connectivity index (χ0v) is 9.17. The van der Waals surface area contributed by atoms with Crippen LogP contribution in [-0.2, 0) is 0 Å². The summed E-state index contributed by atoms with van der Waals surface area (Å²) in [5, 5.41) is 8.92. The van der Waals surface area contributed by atoms with Crippen LogP contribution in [0.1, 0.15) is 24.2 Å². The summed E-state index contributed by atoms with van der Waals surface area (Å²) in [5.74, 6) is 0.670. The van der Waals surface area contributed by atoms with Crippen LogP contribution in [0, 0.1) is 5.92 Å². The second kappa shape index (κ2) is 5.05. The predicted molar refractivity (Wildman–Crippen MR) is 59.0 cm³/mol. The summed E-state index contributed by atoms with van der Waals surface area (Å²) < 4.78 is 0. The molecule has 0 unspecified atom stereocenters. The lowest BCUT2D eigenvalue weighted by Crippen LogP contribution is -1.99. The summed E-state index contributed by atoms with van der Waals surface area (Å²) in [6.45, 7) is 4.24. The number of hydrogen-bond acceptors (Lipinski definition) is 2. The molecule has 2 nitrogen and oxygen atoms in total. The topological polar surface area (TPSA) is 37.3 Å². The first-order chi connectivity index (χ1) is 6.61. The van der Waals surface area contributed by atoms with Gasteiger partial charge in [-0.05, 0) is 18.1 Å². The zero-order valence-electron chi connectivity index (χ0n) is 8.36. The van der Waals surface area contributed by atoms with E-state index in [1.807, 2.05) is 12.1 Å². The number of carboxylic acids is 1. The SMILES string of the molecule is CC(C)CSc1ccccc1C(=O)O. The van der Waals surface area contributed by atoms with Gasteiger partial charge < -0.3 is 5.11 Å². The van der Waals surface area contributed by atoms with Gasteiger partial charge in [-0.15, -0.1) is 11.8 Å². The molecule has 0 heterocycles. The number of thioether (sulfide) groups is 1. The lowest BCUT2D eigenvalue weighted by atomic mass is 10.2. The van der Waals surface area contributed by atoms with Gasteiger partial charge in [0.1, 0.15) is 0 Å². The molecule has 0 saturated carbocycles. The molecule has 0 fully saturated rings. The van der Waals surface area contributed by atoms with Crippen molar-refractivity contribution in [2.24, 2.45) is 5.92 Å². The third kappa shape index (κ3) is 3.07. The van der Waals surface area contributed by atoms with Crippen molar-refractivity contribution in [3.63, 3.8) is 0 Å². The van der Waals surface area contributed by atoms with Crippen LogP contribution in [0.15, 0.2) is 29.2 Å². The molecule has 0 amide bonds. The number of carboxylic acid groups (broad SMARTS) is 1. The molecule has 0 spiro atoms. The molecule has 1 rings (SSSR count). The highest BCUT2D eigenvalue weighted by Crippen LogP contribution is 2.24. The summed E-state index contributed by atoms with van der Waals surface area (Å²) >= 11 is 1.60. The highest BCUT2D eigenvalue weighted by molar-refractivity contribution is 7.99. The molecule has 14 heavy (non-hydrogen) atoms. The molecule has 0 bridgehead atoms. The van der Waals surface area contributed by atoms with Gasteiger partial charge in [-0.1, -0.05) is 26.0 Å². The van der Waals surface area contributed by atoms with Crippen molar-refractivity contribution in [2.45, 2.75) is 18.7 Å². The van der Waals surface area contributed by atoms with Gasteiger partial charge >= 0.3 is 5.97 Å². The van der Waals surface area contributed by atoms with Gasteiger partial charge in [-0.25, -0.2) is 4.79 Å². The molecule has 1 aromatic carbocycles.